The normalized spacial score (nSPS) is 21.4. The molecular formula is C13H12N2O3S2. The predicted molar refractivity (Wildman–Crippen MR) is 80.7 cm³/mol. The Morgan fingerprint density at radius 2 is 2.05 bits per heavy atom. The van der Waals surface area contributed by atoms with Gasteiger partial charge in [0.2, 0.25) is 5.76 Å². The third-order valence-electron chi connectivity index (χ3n) is 3.20. The van der Waals surface area contributed by atoms with Crippen molar-refractivity contribution in [3.63, 3.8) is 0 Å². The van der Waals surface area contributed by atoms with Gasteiger partial charge in [0, 0.05) is 25.1 Å². The molecule has 20 heavy (non-hydrogen) atoms. The number of likely N-dealkylation sites (N-methyl/N-ethyl adjacent to an activating group) is 1. The number of amides is 1. The number of fused-ring (bicyclic) bond motifs is 1. The molecule has 0 unspecified atom stereocenters. The lowest BCUT2D eigenvalue weighted by Gasteiger charge is -2.14. The zero-order valence-electron chi connectivity index (χ0n) is 11.2. The Morgan fingerprint density at radius 1 is 1.30 bits per heavy atom. The van der Waals surface area contributed by atoms with Crippen molar-refractivity contribution in [2.45, 2.75) is 4.90 Å². The molecule has 1 aromatic carbocycles. The van der Waals surface area contributed by atoms with E-state index in [0.717, 1.165) is 21.4 Å². The number of hydrogen-bond acceptors (Lipinski definition) is 6. The first kappa shape index (κ1) is 13.3. The van der Waals surface area contributed by atoms with Crippen molar-refractivity contribution in [1.29, 1.82) is 0 Å². The van der Waals surface area contributed by atoms with Crippen LogP contribution in [0.5, 0.6) is 5.75 Å². The Balaban J connectivity index is 2.04. The Bertz CT molecular complexity index is 657. The van der Waals surface area contributed by atoms with Gasteiger partial charge in [-0.05, 0) is 24.4 Å². The fourth-order valence-electron chi connectivity index (χ4n) is 2.02. The van der Waals surface area contributed by atoms with Crippen LogP contribution in [0, 0.1) is 0 Å². The molecule has 1 amide bonds. The molecule has 0 atom stereocenters. The van der Waals surface area contributed by atoms with E-state index >= 15 is 0 Å². The van der Waals surface area contributed by atoms with Crippen molar-refractivity contribution >= 4 is 40.7 Å². The molecule has 0 aliphatic carbocycles. The number of anilines is 1. The molecule has 1 fully saturated rings. The Hall–Kier alpha value is -1.73. The lowest BCUT2D eigenvalue weighted by atomic mass is 10.3. The van der Waals surface area contributed by atoms with Crippen molar-refractivity contribution in [2.75, 3.05) is 26.1 Å². The maximum Gasteiger partial charge on any atom is 0.299 e. The highest BCUT2D eigenvalue weighted by molar-refractivity contribution is 8.03. The van der Waals surface area contributed by atoms with Gasteiger partial charge >= 0.3 is 0 Å². The average molecular weight is 308 g/mol. The molecule has 0 saturated carbocycles. The van der Waals surface area contributed by atoms with E-state index in [2.05, 4.69) is 0 Å². The monoisotopic (exact) mass is 308 g/mol. The molecule has 1 aromatic rings. The van der Waals surface area contributed by atoms with Gasteiger partial charge in [-0.25, -0.2) is 0 Å². The number of thioether (sulfide) groups is 1. The zero-order valence-corrected chi connectivity index (χ0v) is 12.8. The summed E-state index contributed by atoms with van der Waals surface area (Å²) >= 11 is 6.48. The maximum absolute atomic E-state index is 12.1. The van der Waals surface area contributed by atoms with Crippen LogP contribution in [0.2, 0.25) is 0 Å². The first-order valence-electron chi connectivity index (χ1n) is 5.86. The van der Waals surface area contributed by atoms with Gasteiger partial charge in [0.1, 0.15) is 10.8 Å². The molecule has 0 bridgehead atoms. The first-order chi connectivity index (χ1) is 9.52. The van der Waals surface area contributed by atoms with E-state index in [1.54, 1.807) is 14.2 Å². The number of thiocarbonyl (C=S) groups is 1. The number of carbonyl (C=O) groups excluding carboxylic acids is 1. The topological polar surface area (TPSA) is 42.0 Å². The van der Waals surface area contributed by atoms with Gasteiger partial charge < -0.3 is 14.4 Å². The maximum atomic E-state index is 12.1. The fraction of sp³-hybridized carbons (Fsp3) is 0.231. The molecule has 2 heterocycles. The molecule has 5 nitrogen and oxygen atoms in total. The second kappa shape index (κ2) is 4.68. The lowest BCUT2D eigenvalue weighted by Crippen LogP contribution is -2.23. The summed E-state index contributed by atoms with van der Waals surface area (Å²) in [5, 5.41) is 0.921. The van der Waals surface area contributed by atoms with Crippen LogP contribution in [0.4, 0.5) is 5.69 Å². The molecule has 0 N–H and O–H groups in total. The van der Waals surface area contributed by atoms with E-state index < -0.39 is 0 Å². The van der Waals surface area contributed by atoms with E-state index in [0.29, 0.717) is 0 Å². The predicted octanol–water partition coefficient (Wildman–Crippen LogP) is 2.18. The van der Waals surface area contributed by atoms with E-state index in [4.69, 9.17) is 21.7 Å². The number of nitrogens with zero attached hydrogens (tertiary/aromatic N) is 2. The van der Waals surface area contributed by atoms with Crippen LogP contribution in [-0.2, 0) is 9.53 Å². The van der Waals surface area contributed by atoms with Crippen LogP contribution in [-0.4, -0.2) is 37.2 Å². The third kappa shape index (κ3) is 1.85. The molecule has 1 saturated heterocycles. The number of hydrogen-bond donors (Lipinski definition) is 0. The van der Waals surface area contributed by atoms with Gasteiger partial charge in [-0.3, -0.25) is 9.69 Å². The SMILES string of the molecule is COc1ccc2c(c1)N(C)/C(=C1/OC(=S)N(C)C1=O)S2. The summed E-state index contributed by atoms with van der Waals surface area (Å²) < 4.78 is 10.6. The summed E-state index contributed by atoms with van der Waals surface area (Å²) in [4.78, 5) is 16.4. The number of ether oxygens (including phenoxy) is 2. The largest absolute Gasteiger partial charge is 0.497 e. The Labute approximate surface area is 126 Å². The number of rotatable bonds is 1. The Kier molecular flexibility index (Phi) is 3.10. The van der Waals surface area contributed by atoms with Gasteiger partial charge in [-0.2, -0.15) is 0 Å². The highest BCUT2D eigenvalue weighted by Crippen LogP contribution is 2.48. The van der Waals surface area contributed by atoms with E-state index in [1.165, 1.54) is 16.7 Å². The van der Waals surface area contributed by atoms with Crippen LogP contribution in [0.25, 0.3) is 0 Å². The van der Waals surface area contributed by atoms with Crippen LogP contribution in [0.1, 0.15) is 0 Å². The smallest absolute Gasteiger partial charge is 0.299 e. The molecule has 2 aliphatic rings. The average Bonchev–Trinajstić information content (AvgIpc) is 2.91. The van der Waals surface area contributed by atoms with Gasteiger partial charge in [-0.15, -0.1) is 0 Å². The van der Waals surface area contributed by atoms with Crippen molar-refractivity contribution in [3.05, 3.63) is 29.0 Å². The Morgan fingerprint density at radius 3 is 2.65 bits per heavy atom. The standard InChI is InChI=1S/C13H12N2O3S2/c1-14-8-6-7(17-3)4-5-9(8)20-12(14)10-11(16)15(2)13(19)18-10/h4-6H,1-3H3/b12-10-. The first-order valence-corrected chi connectivity index (χ1v) is 7.09. The van der Waals surface area contributed by atoms with E-state index in [-0.39, 0.29) is 16.8 Å². The van der Waals surface area contributed by atoms with Crippen LogP contribution >= 0.6 is 24.0 Å². The van der Waals surface area contributed by atoms with Crippen LogP contribution in [0.15, 0.2) is 33.9 Å². The minimum Gasteiger partial charge on any atom is -0.497 e. The molecule has 2 aliphatic heterocycles. The van der Waals surface area contributed by atoms with Gasteiger partial charge in [0.05, 0.1) is 12.8 Å². The number of benzene rings is 1. The highest BCUT2D eigenvalue weighted by atomic mass is 32.2. The second-order valence-corrected chi connectivity index (χ2v) is 5.74. The summed E-state index contributed by atoms with van der Waals surface area (Å²) in [6, 6.07) is 5.78. The van der Waals surface area contributed by atoms with Crippen molar-refractivity contribution in [3.8, 4) is 5.75 Å². The van der Waals surface area contributed by atoms with Gasteiger partial charge in [0.25, 0.3) is 11.1 Å². The van der Waals surface area contributed by atoms with Crippen molar-refractivity contribution in [2.24, 2.45) is 0 Å². The molecule has 0 spiro atoms. The van der Waals surface area contributed by atoms with Gasteiger partial charge in [-0.1, -0.05) is 11.8 Å². The highest BCUT2D eigenvalue weighted by Gasteiger charge is 2.37. The van der Waals surface area contributed by atoms with Crippen LogP contribution in [0.3, 0.4) is 0 Å². The van der Waals surface area contributed by atoms with E-state index in [9.17, 15) is 4.79 Å². The molecular weight excluding hydrogens is 296 g/mol. The molecule has 0 radical (unpaired) electrons. The quantitative estimate of drug-likeness (QED) is 0.585. The molecule has 104 valence electrons. The number of methoxy groups -OCH3 is 1. The number of carbonyl (C=O) groups is 1. The van der Waals surface area contributed by atoms with Crippen molar-refractivity contribution in [1.82, 2.24) is 4.90 Å². The van der Waals surface area contributed by atoms with E-state index in [1.807, 2.05) is 30.1 Å². The summed E-state index contributed by atoms with van der Waals surface area (Å²) in [6.45, 7) is 0. The zero-order chi connectivity index (χ0) is 14.4. The summed E-state index contributed by atoms with van der Waals surface area (Å²) in [5.41, 5.74) is 0.980. The minimum atomic E-state index is -0.218. The minimum absolute atomic E-state index is 0.181. The lowest BCUT2D eigenvalue weighted by molar-refractivity contribution is -0.122. The summed E-state index contributed by atoms with van der Waals surface area (Å²) in [6.07, 6.45) is 0. The fourth-order valence-corrected chi connectivity index (χ4v) is 3.29. The van der Waals surface area contributed by atoms with Crippen LogP contribution < -0.4 is 9.64 Å². The van der Waals surface area contributed by atoms with Crippen molar-refractivity contribution < 1.29 is 14.3 Å². The molecule has 7 heteroatoms. The third-order valence-corrected chi connectivity index (χ3v) is 4.77. The summed E-state index contributed by atoms with van der Waals surface area (Å²) in [5.74, 6) is 0.832. The molecule has 3 rings (SSSR count). The molecule has 0 aromatic heterocycles. The second-order valence-electron chi connectivity index (χ2n) is 4.36. The summed E-state index contributed by atoms with van der Waals surface area (Å²) in [7, 11) is 5.12. The van der Waals surface area contributed by atoms with Gasteiger partial charge in [0.15, 0.2) is 0 Å².